The fourth-order valence-electron chi connectivity index (χ4n) is 2.32. The molecular weight excluding hydrogens is 268 g/mol. The van der Waals surface area contributed by atoms with Crippen LogP contribution in [0.15, 0.2) is 48.5 Å². The van der Waals surface area contributed by atoms with Gasteiger partial charge in [0.2, 0.25) is 0 Å². The zero-order valence-corrected chi connectivity index (χ0v) is 12.8. The molecule has 0 saturated carbocycles. The van der Waals surface area contributed by atoms with Gasteiger partial charge in [-0.2, -0.15) is 0 Å². The van der Waals surface area contributed by atoms with E-state index in [0.29, 0.717) is 0 Å². The van der Waals surface area contributed by atoms with E-state index in [4.69, 9.17) is 17.3 Å². The molecule has 2 N–H and O–H groups in total. The van der Waals surface area contributed by atoms with E-state index in [-0.39, 0.29) is 6.04 Å². The standard InChI is InChI=1S/C17H21ClN2/c1-13-5-3-4-6-17(13)20(2)12-11-16(19)14-7-9-15(18)10-8-14/h3-10,16H,11-12,19H2,1-2H3. The fourth-order valence-corrected chi connectivity index (χ4v) is 2.45. The lowest BCUT2D eigenvalue weighted by atomic mass is 10.0. The molecule has 1 unspecified atom stereocenters. The van der Waals surface area contributed by atoms with Crippen LogP contribution in [-0.2, 0) is 0 Å². The number of benzene rings is 2. The molecular formula is C17H21ClN2. The van der Waals surface area contributed by atoms with Crippen molar-refractivity contribution in [2.24, 2.45) is 5.73 Å². The minimum atomic E-state index is 0.0405. The van der Waals surface area contributed by atoms with Crippen LogP contribution in [0.4, 0.5) is 5.69 Å². The van der Waals surface area contributed by atoms with Crippen molar-refractivity contribution < 1.29 is 0 Å². The van der Waals surface area contributed by atoms with Gasteiger partial charge in [-0.05, 0) is 42.7 Å². The van der Waals surface area contributed by atoms with Crippen LogP contribution in [0.5, 0.6) is 0 Å². The highest BCUT2D eigenvalue weighted by Gasteiger charge is 2.09. The molecule has 3 heteroatoms. The SMILES string of the molecule is Cc1ccccc1N(C)CCC(N)c1ccc(Cl)cc1. The van der Waals surface area contributed by atoms with E-state index < -0.39 is 0 Å². The Morgan fingerprint density at radius 2 is 1.75 bits per heavy atom. The molecule has 2 rings (SSSR count). The minimum Gasteiger partial charge on any atom is -0.374 e. The van der Waals surface area contributed by atoms with E-state index in [2.05, 4.69) is 43.1 Å². The van der Waals surface area contributed by atoms with Crippen molar-refractivity contribution in [3.63, 3.8) is 0 Å². The highest BCUT2D eigenvalue weighted by Crippen LogP contribution is 2.21. The van der Waals surface area contributed by atoms with Crippen molar-refractivity contribution in [2.75, 3.05) is 18.5 Å². The molecule has 2 aromatic rings. The van der Waals surface area contributed by atoms with Crippen LogP contribution < -0.4 is 10.6 Å². The summed E-state index contributed by atoms with van der Waals surface area (Å²) < 4.78 is 0. The third kappa shape index (κ3) is 3.75. The Morgan fingerprint density at radius 1 is 1.10 bits per heavy atom. The third-order valence-electron chi connectivity index (χ3n) is 3.60. The van der Waals surface area contributed by atoms with E-state index in [1.807, 2.05) is 24.3 Å². The highest BCUT2D eigenvalue weighted by molar-refractivity contribution is 6.30. The smallest absolute Gasteiger partial charge is 0.0406 e. The van der Waals surface area contributed by atoms with Crippen molar-refractivity contribution in [3.05, 3.63) is 64.7 Å². The van der Waals surface area contributed by atoms with Crippen LogP contribution in [0.2, 0.25) is 5.02 Å². The molecule has 0 aromatic heterocycles. The fraction of sp³-hybridized carbons (Fsp3) is 0.294. The molecule has 0 amide bonds. The molecule has 0 aliphatic carbocycles. The average molecular weight is 289 g/mol. The molecule has 0 spiro atoms. The molecule has 0 fully saturated rings. The first-order valence-electron chi connectivity index (χ1n) is 6.86. The highest BCUT2D eigenvalue weighted by atomic mass is 35.5. The van der Waals surface area contributed by atoms with Crippen LogP contribution in [0, 0.1) is 6.92 Å². The maximum Gasteiger partial charge on any atom is 0.0406 e. The molecule has 0 bridgehead atoms. The Morgan fingerprint density at radius 3 is 2.40 bits per heavy atom. The summed E-state index contributed by atoms with van der Waals surface area (Å²) in [6.07, 6.45) is 0.909. The van der Waals surface area contributed by atoms with Gasteiger partial charge in [0.1, 0.15) is 0 Å². The Labute approximate surface area is 126 Å². The van der Waals surface area contributed by atoms with E-state index >= 15 is 0 Å². The van der Waals surface area contributed by atoms with Gasteiger partial charge in [-0.3, -0.25) is 0 Å². The lowest BCUT2D eigenvalue weighted by Gasteiger charge is -2.23. The van der Waals surface area contributed by atoms with Gasteiger partial charge in [0.25, 0.3) is 0 Å². The van der Waals surface area contributed by atoms with Gasteiger partial charge in [0, 0.05) is 30.3 Å². The Bertz CT molecular complexity index is 551. The molecule has 106 valence electrons. The maximum absolute atomic E-state index is 6.24. The maximum atomic E-state index is 6.24. The first kappa shape index (κ1) is 14.9. The summed E-state index contributed by atoms with van der Waals surface area (Å²) in [4.78, 5) is 2.26. The first-order chi connectivity index (χ1) is 9.58. The number of hydrogen-bond acceptors (Lipinski definition) is 2. The van der Waals surface area contributed by atoms with Crippen molar-refractivity contribution >= 4 is 17.3 Å². The average Bonchev–Trinajstić information content (AvgIpc) is 2.45. The van der Waals surface area contributed by atoms with Gasteiger partial charge in [0.15, 0.2) is 0 Å². The largest absolute Gasteiger partial charge is 0.374 e. The molecule has 0 saturated heterocycles. The number of nitrogens with two attached hydrogens (primary N) is 1. The van der Waals surface area contributed by atoms with Crippen LogP contribution in [-0.4, -0.2) is 13.6 Å². The Hall–Kier alpha value is -1.51. The summed E-state index contributed by atoms with van der Waals surface area (Å²) in [5.74, 6) is 0. The second-order valence-corrected chi connectivity index (χ2v) is 5.59. The van der Waals surface area contributed by atoms with E-state index in [1.54, 1.807) is 0 Å². The lowest BCUT2D eigenvalue weighted by Crippen LogP contribution is -2.23. The van der Waals surface area contributed by atoms with Gasteiger partial charge >= 0.3 is 0 Å². The molecule has 2 nitrogen and oxygen atoms in total. The second kappa shape index (κ2) is 6.78. The number of aryl methyl sites for hydroxylation is 1. The Kier molecular flexibility index (Phi) is 5.05. The molecule has 0 aliphatic rings. The number of nitrogens with zero attached hydrogens (tertiary/aromatic N) is 1. The van der Waals surface area contributed by atoms with Crippen LogP contribution in [0.25, 0.3) is 0 Å². The molecule has 1 atom stereocenters. The van der Waals surface area contributed by atoms with E-state index in [0.717, 1.165) is 23.6 Å². The number of rotatable bonds is 5. The number of anilines is 1. The molecule has 0 radical (unpaired) electrons. The molecule has 0 heterocycles. The van der Waals surface area contributed by atoms with Gasteiger partial charge in [-0.1, -0.05) is 41.9 Å². The summed E-state index contributed by atoms with van der Waals surface area (Å²) in [5.41, 5.74) is 9.92. The molecule has 20 heavy (non-hydrogen) atoms. The van der Waals surface area contributed by atoms with Gasteiger partial charge in [-0.25, -0.2) is 0 Å². The third-order valence-corrected chi connectivity index (χ3v) is 3.85. The minimum absolute atomic E-state index is 0.0405. The van der Waals surface area contributed by atoms with Gasteiger partial charge < -0.3 is 10.6 Å². The predicted octanol–water partition coefficient (Wildman–Crippen LogP) is 4.17. The topological polar surface area (TPSA) is 29.3 Å². The number of halogens is 1. The van der Waals surface area contributed by atoms with Crippen molar-refractivity contribution in [2.45, 2.75) is 19.4 Å². The predicted molar refractivity (Wildman–Crippen MR) is 87.4 cm³/mol. The van der Waals surface area contributed by atoms with Gasteiger partial charge in [-0.15, -0.1) is 0 Å². The summed E-state index contributed by atoms with van der Waals surface area (Å²) in [7, 11) is 2.11. The van der Waals surface area contributed by atoms with Gasteiger partial charge in [0.05, 0.1) is 0 Å². The van der Waals surface area contributed by atoms with Crippen molar-refractivity contribution in [1.82, 2.24) is 0 Å². The zero-order valence-electron chi connectivity index (χ0n) is 12.0. The van der Waals surface area contributed by atoms with Crippen molar-refractivity contribution in [3.8, 4) is 0 Å². The number of para-hydroxylation sites is 1. The molecule has 2 aromatic carbocycles. The lowest BCUT2D eigenvalue weighted by molar-refractivity contribution is 0.645. The quantitative estimate of drug-likeness (QED) is 0.894. The first-order valence-corrected chi connectivity index (χ1v) is 7.23. The number of hydrogen-bond donors (Lipinski definition) is 1. The van der Waals surface area contributed by atoms with E-state index in [1.165, 1.54) is 11.3 Å². The summed E-state index contributed by atoms with van der Waals surface area (Å²) in [5, 5.41) is 0.748. The summed E-state index contributed by atoms with van der Waals surface area (Å²) >= 11 is 5.89. The van der Waals surface area contributed by atoms with Crippen molar-refractivity contribution in [1.29, 1.82) is 0 Å². The summed E-state index contributed by atoms with van der Waals surface area (Å²) in [6.45, 7) is 3.06. The van der Waals surface area contributed by atoms with E-state index in [9.17, 15) is 0 Å². The van der Waals surface area contributed by atoms with Crippen LogP contribution in [0.3, 0.4) is 0 Å². The second-order valence-electron chi connectivity index (χ2n) is 5.15. The van der Waals surface area contributed by atoms with Crippen LogP contribution in [0.1, 0.15) is 23.6 Å². The van der Waals surface area contributed by atoms with Crippen LogP contribution >= 0.6 is 11.6 Å². The summed E-state index contributed by atoms with van der Waals surface area (Å²) in [6, 6.07) is 16.2. The zero-order chi connectivity index (χ0) is 14.5. The monoisotopic (exact) mass is 288 g/mol. The Balaban J connectivity index is 1.95. The molecule has 0 aliphatic heterocycles. The normalized spacial score (nSPS) is 12.2.